The number of carbonyl (C=O) groups is 1. The molecule has 16 heavy (non-hydrogen) atoms. The molecule has 1 atom stereocenters. The van der Waals surface area contributed by atoms with E-state index >= 15 is 0 Å². The number of thiophene rings is 1. The standard InChI is InChI=1S/C10H14BrNO3S/c1-12(4-8(13)5-15-2)10(14)7-3-9(11)16-6-7/h3,6,8,13H,4-5H2,1-2H3. The van der Waals surface area contributed by atoms with E-state index in [1.807, 2.05) is 0 Å². The third kappa shape index (κ3) is 3.86. The Morgan fingerprint density at radius 1 is 1.75 bits per heavy atom. The van der Waals surface area contributed by atoms with Crippen LogP contribution in [0.15, 0.2) is 15.2 Å². The Bertz CT molecular complexity index is 356. The first-order valence-electron chi connectivity index (χ1n) is 4.71. The van der Waals surface area contributed by atoms with Crippen LogP contribution >= 0.6 is 27.3 Å². The molecule has 0 aliphatic rings. The quantitative estimate of drug-likeness (QED) is 0.899. The molecule has 0 fully saturated rings. The molecule has 0 bridgehead atoms. The van der Waals surface area contributed by atoms with Crippen LogP contribution in [0.3, 0.4) is 0 Å². The highest BCUT2D eigenvalue weighted by atomic mass is 79.9. The first-order chi connectivity index (χ1) is 7.54. The van der Waals surface area contributed by atoms with Crippen molar-refractivity contribution in [2.45, 2.75) is 6.10 Å². The Morgan fingerprint density at radius 2 is 2.44 bits per heavy atom. The molecule has 1 amide bonds. The number of halogens is 1. The minimum absolute atomic E-state index is 0.0999. The summed E-state index contributed by atoms with van der Waals surface area (Å²) in [5, 5.41) is 11.3. The van der Waals surface area contributed by atoms with Gasteiger partial charge in [-0.25, -0.2) is 0 Å². The fraction of sp³-hybridized carbons (Fsp3) is 0.500. The molecule has 1 N–H and O–H groups in total. The number of nitrogens with zero attached hydrogens (tertiary/aromatic N) is 1. The van der Waals surface area contributed by atoms with Crippen molar-refractivity contribution in [3.05, 3.63) is 20.8 Å². The lowest BCUT2D eigenvalue weighted by Gasteiger charge is -2.19. The summed E-state index contributed by atoms with van der Waals surface area (Å²) in [6.45, 7) is 0.491. The second kappa shape index (κ2) is 6.34. The van der Waals surface area contributed by atoms with Crippen LogP contribution in [0.25, 0.3) is 0 Å². The molecule has 0 radical (unpaired) electrons. The molecule has 0 aromatic carbocycles. The number of rotatable bonds is 5. The summed E-state index contributed by atoms with van der Waals surface area (Å²) in [6, 6.07) is 1.77. The van der Waals surface area contributed by atoms with Crippen LogP contribution in [0.1, 0.15) is 10.4 Å². The summed E-state index contributed by atoms with van der Waals surface area (Å²) in [5.74, 6) is -0.0999. The minimum Gasteiger partial charge on any atom is -0.389 e. The van der Waals surface area contributed by atoms with Crippen LogP contribution in [0.5, 0.6) is 0 Å². The molecule has 4 nitrogen and oxygen atoms in total. The monoisotopic (exact) mass is 307 g/mol. The molecule has 1 heterocycles. The van der Waals surface area contributed by atoms with Crippen LogP contribution in [-0.4, -0.2) is 49.3 Å². The number of methoxy groups -OCH3 is 1. The van der Waals surface area contributed by atoms with Gasteiger partial charge in [-0.1, -0.05) is 0 Å². The van der Waals surface area contributed by atoms with E-state index in [0.717, 1.165) is 3.79 Å². The van der Waals surface area contributed by atoms with Gasteiger partial charge in [0.05, 0.1) is 22.1 Å². The third-order valence-electron chi connectivity index (χ3n) is 2.00. The van der Waals surface area contributed by atoms with E-state index in [4.69, 9.17) is 4.74 Å². The van der Waals surface area contributed by atoms with Gasteiger partial charge in [0.25, 0.3) is 5.91 Å². The van der Waals surface area contributed by atoms with Crippen LogP contribution in [0.4, 0.5) is 0 Å². The molecule has 0 aliphatic carbocycles. The maximum absolute atomic E-state index is 11.9. The van der Waals surface area contributed by atoms with Gasteiger partial charge >= 0.3 is 0 Å². The van der Waals surface area contributed by atoms with E-state index in [0.29, 0.717) is 5.56 Å². The van der Waals surface area contributed by atoms with Crippen molar-refractivity contribution < 1.29 is 14.6 Å². The maximum atomic E-state index is 11.9. The van der Waals surface area contributed by atoms with Crippen molar-refractivity contribution in [3.8, 4) is 0 Å². The smallest absolute Gasteiger partial charge is 0.254 e. The van der Waals surface area contributed by atoms with E-state index in [-0.39, 0.29) is 19.1 Å². The Morgan fingerprint density at radius 3 is 2.94 bits per heavy atom. The normalized spacial score (nSPS) is 12.5. The molecule has 1 aromatic heterocycles. The van der Waals surface area contributed by atoms with Crippen LogP contribution < -0.4 is 0 Å². The van der Waals surface area contributed by atoms with Gasteiger partial charge in [0, 0.05) is 26.1 Å². The number of likely N-dealkylation sites (N-methyl/N-ethyl adjacent to an activating group) is 1. The van der Waals surface area contributed by atoms with E-state index in [1.165, 1.54) is 23.3 Å². The summed E-state index contributed by atoms with van der Waals surface area (Å²) in [5.41, 5.74) is 0.629. The molecule has 0 spiro atoms. The van der Waals surface area contributed by atoms with E-state index in [1.54, 1.807) is 18.5 Å². The largest absolute Gasteiger partial charge is 0.389 e. The summed E-state index contributed by atoms with van der Waals surface area (Å²) >= 11 is 4.76. The maximum Gasteiger partial charge on any atom is 0.254 e. The zero-order valence-corrected chi connectivity index (χ0v) is 11.5. The van der Waals surface area contributed by atoms with Crippen molar-refractivity contribution >= 4 is 33.2 Å². The molecular weight excluding hydrogens is 294 g/mol. The molecule has 1 unspecified atom stereocenters. The van der Waals surface area contributed by atoms with Crippen molar-refractivity contribution in [3.63, 3.8) is 0 Å². The van der Waals surface area contributed by atoms with Gasteiger partial charge in [0.15, 0.2) is 0 Å². The van der Waals surface area contributed by atoms with Gasteiger partial charge in [-0.2, -0.15) is 0 Å². The fourth-order valence-electron chi connectivity index (χ4n) is 1.29. The number of carbonyl (C=O) groups excluding carboxylic acids is 1. The van der Waals surface area contributed by atoms with Gasteiger partial charge in [-0.15, -0.1) is 11.3 Å². The number of hydrogen-bond acceptors (Lipinski definition) is 4. The SMILES string of the molecule is COCC(O)CN(C)C(=O)c1csc(Br)c1. The average molecular weight is 308 g/mol. The molecule has 0 aliphatic heterocycles. The lowest BCUT2D eigenvalue weighted by atomic mass is 10.3. The Balaban J connectivity index is 2.54. The van der Waals surface area contributed by atoms with Crippen LogP contribution in [0, 0.1) is 0 Å². The van der Waals surface area contributed by atoms with Crippen molar-refractivity contribution in [2.24, 2.45) is 0 Å². The second-order valence-electron chi connectivity index (χ2n) is 3.43. The molecule has 6 heteroatoms. The van der Waals surface area contributed by atoms with Crippen LogP contribution in [-0.2, 0) is 4.74 Å². The summed E-state index contributed by atoms with van der Waals surface area (Å²) in [7, 11) is 3.17. The van der Waals surface area contributed by atoms with Gasteiger partial charge in [0.2, 0.25) is 0 Å². The first kappa shape index (κ1) is 13.6. The van der Waals surface area contributed by atoms with Crippen molar-refractivity contribution in [1.29, 1.82) is 0 Å². The molecule has 0 saturated carbocycles. The highest BCUT2D eigenvalue weighted by Crippen LogP contribution is 2.21. The zero-order chi connectivity index (χ0) is 12.1. The lowest BCUT2D eigenvalue weighted by Crippen LogP contribution is -2.36. The molecule has 1 rings (SSSR count). The van der Waals surface area contributed by atoms with Crippen LogP contribution in [0.2, 0.25) is 0 Å². The topological polar surface area (TPSA) is 49.8 Å². The third-order valence-corrected chi connectivity index (χ3v) is 3.51. The highest BCUT2D eigenvalue weighted by Gasteiger charge is 2.16. The van der Waals surface area contributed by atoms with Crippen molar-refractivity contribution in [1.82, 2.24) is 4.90 Å². The molecule has 0 saturated heterocycles. The number of aliphatic hydroxyl groups excluding tert-OH is 1. The number of aliphatic hydroxyl groups is 1. The lowest BCUT2D eigenvalue weighted by molar-refractivity contribution is 0.0380. The average Bonchev–Trinajstić information content (AvgIpc) is 2.64. The Hall–Kier alpha value is -0.430. The second-order valence-corrected chi connectivity index (χ2v) is 5.72. The number of amides is 1. The summed E-state index contributed by atoms with van der Waals surface area (Å²) in [6.07, 6.45) is -0.652. The van der Waals surface area contributed by atoms with E-state index in [2.05, 4.69) is 15.9 Å². The van der Waals surface area contributed by atoms with E-state index in [9.17, 15) is 9.90 Å². The van der Waals surface area contributed by atoms with Gasteiger partial charge in [-0.3, -0.25) is 4.79 Å². The van der Waals surface area contributed by atoms with Gasteiger partial charge in [-0.05, 0) is 22.0 Å². The Kier molecular flexibility index (Phi) is 5.40. The first-order valence-corrected chi connectivity index (χ1v) is 6.38. The summed E-state index contributed by atoms with van der Waals surface area (Å²) in [4.78, 5) is 13.3. The Labute approximate surface area is 107 Å². The van der Waals surface area contributed by atoms with Crippen molar-refractivity contribution in [2.75, 3.05) is 27.3 Å². The zero-order valence-electron chi connectivity index (χ0n) is 9.14. The highest BCUT2D eigenvalue weighted by molar-refractivity contribution is 9.11. The summed E-state index contributed by atoms with van der Waals surface area (Å²) < 4.78 is 5.72. The molecule has 1 aromatic rings. The fourth-order valence-corrected chi connectivity index (χ4v) is 2.42. The predicted molar refractivity (Wildman–Crippen MR) is 66.9 cm³/mol. The molecular formula is C10H14BrNO3S. The number of ether oxygens (including phenoxy) is 1. The van der Waals surface area contributed by atoms with Gasteiger partial charge < -0.3 is 14.7 Å². The molecule has 90 valence electrons. The number of hydrogen-bond donors (Lipinski definition) is 1. The van der Waals surface area contributed by atoms with Gasteiger partial charge in [0.1, 0.15) is 0 Å². The minimum atomic E-state index is -0.652. The van der Waals surface area contributed by atoms with E-state index < -0.39 is 6.10 Å². The predicted octanol–water partition coefficient (Wildman–Crippen LogP) is 1.59.